The highest BCUT2D eigenvalue weighted by Gasteiger charge is 2.34. The second-order valence-electron chi connectivity index (χ2n) is 8.97. The van der Waals surface area contributed by atoms with Gasteiger partial charge in [-0.2, -0.15) is 0 Å². The smallest absolute Gasteiger partial charge is 0.273 e. The van der Waals surface area contributed by atoms with E-state index in [1.807, 2.05) is 0 Å². The first-order chi connectivity index (χ1) is 19.3. The van der Waals surface area contributed by atoms with E-state index in [1.165, 1.54) is 82.6 Å². The van der Waals surface area contributed by atoms with Crippen molar-refractivity contribution in [3.8, 4) is 5.75 Å². The number of ether oxygens (including phenoxy) is 1. The van der Waals surface area contributed by atoms with Crippen LogP contribution in [0.25, 0.3) is 0 Å². The first kappa shape index (κ1) is 31.3. The maximum absolute atomic E-state index is 14.0. The zero-order valence-electron chi connectivity index (χ0n) is 22.6. The lowest BCUT2D eigenvalue weighted by atomic mass is 10.1. The molecule has 0 radical (unpaired) electrons. The van der Waals surface area contributed by atoms with Gasteiger partial charge < -0.3 is 15.0 Å². The van der Waals surface area contributed by atoms with E-state index in [2.05, 4.69) is 5.32 Å². The van der Waals surface area contributed by atoms with Crippen molar-refractivity contribution in [1.29, 1.82) is 0 Å². The molecule has 0 heterocycles. The minimum atomic E-state index is -4.64. The number of methoxy groups -OCH3 is 1. The normalized spacial score (nSPS) is 11.9. The molecule has 3 aromatic carbocycles. The van der Waals surface area contributed by atoms with Crippen LogP contribution in [0.2, 0.25) is 5.02 Å². The van der Waals surface area contributed by atoms with Crippen molar-refractivity contribution < 1.29 is 32.1 Å². The third-order valence-corrected chi connectivity index (χ3v) is 8.32. The Kier molecular flexibility index (Phi) is 9.89. The van der Waals surface area contributed by atoms with Crippen LogP contribution >= 0.6 is 11.6 Å². The SMILES string of the molecule is CNC(=O)[C@H](C)N(Cc1ccc(F)cc1)C(=O)CN(c1cc(Cl)ccc1OC)S(=O)(=O)c1ccc(C)c([N+](=O)[O-])c1. The fourth-order valence-electron chi connectivity index (χ4n) is 4.02. The quantitative estimate of drug-likeness (QED) is 0.256. The van der Waals surface area contributed by atoms with Crippen LogP contribution in [0.3, 0.4) is 0 Å². The van der Waals surface area contributed by atoms with Gasteiger partial charge in [-0.25, -0.2) is 12.8 Å². The fraction of sp³-hybridized carbons (Fsp3) is 0.259. The maximum Gasteiger partial charge on any atom is 0.273 e. The Morgan fingerprint density at radius 3 is 2.37 bits per heavy atom. The average Bonchev–Trinajstić information content (AvgIpc) is 2.94. The van der Waals surface area contributed by atoms with E-state index >= 15 is 0 Å². The van der Waals surface area contributed by atoms with Crippen molar-refractivity contribution >= 4 is 44.8 Å². The largest absolute Gasteiger partial charge is 0.495 e. The van der Waals surface area contributed by atoms with E-state index in [1.54, 1.807) is 0 Å². The van der Waals surface area contributed by atoms with Crippen molar-refractivity contribution in [2.45, 2.75) is 31.3 Å². The van der Waals surface area contributed by atoms with E-state index in [9.17, 15) is 32.5 Å². The number of nitro groups is 1. The van der Waals surface area contributed by atoms with Crippen molar-refractivity contribution in [1.82, 2.24) is 10.2 Å². The Labute approximate surface area is 241 Å². The number of sulfonamides is 1. The van der Waals surface area contributed by atoms with Gasteiger partial charge in [-0.15, -0.1) is 0 Å². The standard InChI is InChI=1S/C27H28ClFN4O7S/c1-17-5-11-22(14-23(17)33(36)37)41(38,39)32(24-13-20(28)8-12-25(24)40-4)16-26(34)31(18(2)27(35)30-3)15-19-6-9-21(29)10-7-19/h5-14,18H,15-16H2,1-4H3,(H,30,35)/t18-/m0/s1. The molecule has 0 aliphatic carbocycles. The summed E-state index contributed by atoms with van der Waals surface area (Å²) in [6, 6.07) is 11.7. The molecule has 0 aliphatic heterocycles. The number of amides is 2. The Morgan fingerprint density at radius 1 is 1.12 bits per heavy atom. The summed E-state index contributed by atoms with van der Waals surface area (Å²) in [6.45, 7) is 1.94. The van der Waals surface area contributed by atoms with Crippen LogP contribution in [0.15, 0.2) is 65.6 Å². The molecule has 11 nitrogen and oxygen atoms in total. The highest BCUT2D eigenvalue weighted by atomic mass is 35.5. The summed E-state index contributed by atoms with van der Waals surface area (Å²) in [5.41, 5.74) is 0.189. The van der Waals surface area contributed by atoms with Crippen molar-refractivity contribution in [2.24, 2.45) is 0 Å². The second-order valence-corrected chi connectivity index (χ2v) is 11.3. The van der Waals surface area contributed by atoms with Crippen molar-refractivity contribution in [3.63, 3.8) is 0 Å². The number of aryl methyl sites for hydroxylation is 1. The van der Waals surface area contributed by atoms with Gasteiger partial charge in [0.15, 0.2) is 0 Å². The number of rotatable bonds is 11. The number of hydrogen-bond acceptors (Lipinski definition) is 7. The van der Waals surface area contributed by atoms with Gasteiger partial charge in [-0.1, -0.05) is 29.8 Å². The van der Waals surface area contributed by atoms with Crippen LogP contribution in [0, 0.1) is 22.9 Å². The zero-order chi connectivity index (χ0) is 30.5. The number of nitrogens with one attached hydrogen (secondary N) is 1. The minimum Gasteiger partial charge on any atom is -0.495 e. The van der Waals surface area contributed by atoms with Crippen LogP contribution in [0.5, 0.6) is 5.75 Å². The molecule has 0 unspecified atom stereocenters. The summed E-state index contributed by atoms with van der Waals surface area (Å²) in [7, 11) is -1.96. The Balaban J connectivity index is 2.16. The van der Waals surface area contributed by atoms with Gasteiger partial charge in [0.1, 0.15) is 24.2 Å². The Bertz CT molecular complexity index is 1570. The third kappa shape index (κ3) is 7.11. The van der Waals surface area contributed by atoms with E-state index in [-0.39, 0.29) is 28.6 Å². The van der Waals surface area contributed by atoms with E-state index in [4.69, 9.17) is 16.3 Å². The molecule has 3 aromatic rings. The van der Waals surface area contributed by atoms with Crippen LogP contribution in [0.4, 0.5) is 15.8 Å². The molecular weight excluding hydrogens is 579 g/mol. The van der Waals surface area contributed by atoms with E-state index < -0.39 is 55.7 Å². The third-order valence-electron chi connectivity index (χ3n) is 6.33. The highest BCUT2D eigenvalue weighted by Crippen LogP contribution is 2.36. The first-order valence-corrected chi connectivity index (χ1v) is 14.0. The zero-order valence-corrected chi connectivity index (χ0v) is 24.2. The molecule has 0 saturated heterocycles. The number of likely N-dealkylation sites (N-methyl/N-ethyl adjacent to an activating group) is 1. The van der Waals surface area contributed by atoms with E-state index in [0.717, 1.165) is 15.3 Å². The predicted octanol–water partition coefficient (Wildman–Crippen LogP) is 4.06. The van der Waals surface area contributed by atoms with Crippen molar-refractivity contribution in [2.75, 3.05) is 25.0 Å². The summed E-state index contributed by atoms with van der Waals surface area (Å²) >= 11 is 6.19. The molecular formula is C27H28ClFN4O7S. The Morgan fingerprint density at radius 2 is 1.78 bits per heavy atom. The van der Waals surface area contributed by atoms with Crippen LogP contribution < -0.4 is 14.4 Å². The first-order valence-electron chi connectivity index (χ1n) is 12.2. The molecule has 0 spiro atoms. The van der Waals surface area contributed by atoms with E-state index in [0.29, 0.717) is 5.56 Å². The summed E-state index contributed by atoms with van der Waals surface area (Å²) in [6.07, 6.45) is 0. The predicted molar refractivity (Wildman–Crippen MR) is 151 cm³/mol. The lowest BCUT2D eigenvalue weighted by Gasteiger charge is -2.32. The molecule has 41 heavy (non-hydrogen) atoms. The summed E-state index contributed by atoms with van der Waals surface area (Å²) in [4.78, 5) is 37.9. The number of halogens is 2. The number of carbonyl (C=O) groups excluding carboxylic acids is 2. The van der Waals surface area contributed by atoms with Gasteiger partial charge in [0.05, 0.1) is 22.6 Å². The molecule has 218 valence electrons. The van der Waals surface area contributed by atoms with Gasteiger partial charge in [-0.3, -0.25) is 24.0 Å². The van der Waals surface area contributed by atoms with Crippen molar-refractivity contribution in [3.05, 3.63) is 92.7 Å². The van der Waals surface area contributed by atoms with Crippen LogP contribution in [-0.4, -0.2) is 56.8 Å². The second kappa shape index (κ2) is 13.0. The fourth-order valence-corrected chi connectivity index (χ4v) is 5.63. The monoisotopic (exact) mass is 606 g/mol. The number of carbonyl (C=O) groups is 2. The average molecular weight is 607 g/mol. The van der Waals surface area contributed by atoms with Gasteiger partial charge >= 0.3 is 0 Å². The number of nitrogens with zero attached hydrogens (tertiary/aromatic N) is 3. The molecule has 0 bridgehead atoms. The number of hydrogen-bond donors (Lipinski definition) is 1. The van der Waals surface area contributed by atoms with Gasteiger partial charge in [-0.05, 0) is 55.8 Å². The number of anilines is 1. The molecule has 14 heteroatoms. The van der Waals surface area contributed by atoms with Crippen LogP contribution in [0.1, 0.15) is 18.1 Å². The summed E-state index contributed by atoms with van der Waals surface area (Å²) in [5.74, 6) is -1.76. The molecule has 1 atom stereocenters. The summed E-state index contributed by atoms with van der Waals surface area (Å²) < 4.78 is 47.6. The van der Waals surface area contributed by atoms with Crippen LogP contribution in [-0.2, 0) is 26.2 Å². The molecule has 0 aromatic heterocycles. The number of nitro benzene ring substituents is 1. The number of benzene rings is 3. The Hall–Kier alpha value is -4.23. The molecule has 1 N–H and O–H groups in total. The lowest BCUT2D eigenvalue weighted by molar-refractivity contribution is -0.385. The maximum atomic E-state index is 14.0. The molecule has 0 aliphatic rings. The lowest BCUT2D eigenvalue weighted by Crippen LogP contribution is -2.50. The minimum absolute atomic E-state index is 0.0526. The molecule has 0 saturated carbocycles. The van der Waals surface area contributed by atoms with Gasteiger partial charge in [0.2, 0.25) is 11.8 Å². The molecule has 3 rings (SSSR count). The highest BCUT2D eigenvalue weighted by molar-refractivity contribution is 7.92. The molecule has 2 amide bonds. The van der Waals surface area contributed by atoms with Gasteiger partial charge in [0, 0.05) is 30.2 Å². The topological polar surface area (TPSA) is 139 Å². The molecule has 0 fully saturated rings. The van der Waals surface area contributed by atoms with Gasteiger partial charge in [0.25, 0.3) is 15.7 Å². The summed E-state index contributed by atoms with van der Waals surface area (Å²) in [5, 5.41) is 14.1.